The highest BCUT2D eigenvalue weighted by atomic mass is 17.2. The van der Waals surface area contributed by atoms with Gasteiger partial charge in [-0.1, -0.05) is 41.5 Å². The van der Waals surface area contributed by atoms with E-state index in [0.717, 1.165) is 38.5 Å². The third kappa shape index (κ3) is 5.01. The Morgan fingerprint density at radius 1 is 0.737 bits per heavy atom. The Labute approximate surface area is 117 Å². The fourth-order valence-corrected chi connectivity index (χ4v) is 2.21. The van der Waals surface area contributed by atoms with E-state index in [2.05, 4.69) is 0 Å². The monoisotopic (exact) mass is 274 g/mol. The van der Waals surface area contributed by atoms with Crippen LogP contribution in [-0.4, -0.2) is 17.4 Å². The fraction of sp³-hybridized carbons (Fsp3) is 0.933. The lowest BCUT2D eigenvalue weighted by Gasteiger charge is -2.31. The van der Waals surface area contributed by atoms with Crippen LogP contribution in [0.1, 0.15) is 80.1 Å². The number of hydrogen-bond donors (Lipinski definition) is 0. The summed E-state index contributed by atoms with van der Waals surface area (Å²) in [7, 11) is 0. The summed E-state index contributed by atoms with van der Waals surface area (Å²) < 4.78 is 5.43. The molecule has 0 amide bonds. The Morgan fingerprint density at radius 3 is 1.42 bits per heavy atom. The Morgan fingerprint density at radius 2 is 1.11 bits per heavy atom. The van der Waals surface area contributed by atoms with E-state index < -0.39 is 17.4 Å². The lowest BCUT2D eigenvalue weighted by atomic mass is 9.94. The van der Waals surface area contributed by atoms with Gasteiger partial charge in [0.05, 0.1) is 0 Å². The first-order chi connectivity index (χ1) is 8.96. The van der Waals surface area contributed by atoms with E-state index in [1.54, 1.807) is 0 Å². The van der Waals surface area contributed by atoms with Crippen molar-refractivity contribution in [2.45, 2.75) is 91.3 Å². The summed E-state index contributed by atoms with van der Waals surface area (Å²) >= 11 is 0. The van der Waals surface area contributed by atoms with E-state index >= 15 is 0 Å². The van der Waals surface area contributed by atoms with Gasteiger partial charge >= 0.3 is 6.16 Å². The molecule has 0 radical (unpaired) electrons. The highest BCUT2D eigenvalue weighted by molar-refractivity contribution is 5.59. The first kappa shape index (κ1) is 18.2. The van der Waals surface area contributed by atoms with Gasteiger partial charge in [-0.25, -0.2) is 4.79 Å². The maximum Gasteiger partial charge on any atom is 0.541 e. The van der Waals surface area contributed by atoms with Crippen molar-refractivity contribution in [2.75, 3.05) is 0 Å². The van der Waals surface area contributed by atoms with Crippen LogP contribution in [0.25, 0.3) is 0 Å². The second-order valence-corrected chi connectivity index (χ2v) is 5.01. The van der Waals surface area contributed by atoms with Gasteiger partial charge in [0.15, 0.2) is 0 Å². The minimum Gasteiger partial charge on any atom is -0.426 e. The highest BCUT2D eigenvalue weighted by Crippen LogP contribution is 2.27. The minimum absolute atomic E-state index is 0.397. The Balaban J connectivity index is 4.46. The van der Waals surface area contributed by atoms with Crippen molar-refractivity contribution in [3.63, 3.8) is 0 Å². The number of ether oxygens (including phenoxy) is 1. The molecule has 4 nitrogen and oxygen atoms in total. The lowest BCUT2D eigenvalue weighted by molar-refractivity contribution is -0.334. The molecule has 0 aromatic rings. The van der Waals surface area contributed by atoms with Gasteiger partial charge in [-0.3, -0.25) is 4.89 Å². The molecule has 0 aliphatic rings. The number of rotatable bonds is 9. The van der Waals surface area contributed by atoms with Gasteiger partial charge in [-0.05, 0) is 38.5 Å². The quantitative estimate of drug-likeness (QED) is 0.337. The average Bonchev–Trinajstić information content (AvgIpc) is 2.47. The summed E-state index contributed by atoms with van der Waals surface area (Å²) in [5, 5.41) is 0. The molecule has 0 aliphatic carbocycles. The summed E-state index contributed by atoms with van der Waals surface area (Å²) in [6.07, 6.45) is 3.99. The van der Waals surface area contributed by atoms with E-state index in [1.165, 1.54) is 0 Å². The molecular formula is C15H30O4. The molecule has 0 aromatic heterocycles. The maximum absolute atomic E-state index is 11.8. The van der Waals surface area contributed by atoms with E-state index in [1.807, 2.05) is 41.5 Å². The van der Waals surface area contributed by atoms with Crippen molar-refractivity contribution in [3.8, 4) is 0 Å². The van der Waals surface area contributed by atoms with Crippen LogP contribution in [0.4, 0.5) is 4.79 Å². The predicted molar refractivity (Wildman–Crippen MR) is 75.9 cm³/mol. The largest absolute Gasteiger partial charge is 0.541 e. The molecule has 114 valence electrons. The lowest BCUT2D eigenvalue weighted by Crippen LogP contribution is -2.36. The van der Waals surface area contributed by atoms with Crippen LogP contribution in [0.2, 0.25) is 0 Å². The minimum atomic E-state index is -0.731. The number of hydrogen-bond acceptors (Lipinski definition) is 4. The average molecular weight is 274 g/mol. The van der Waals surface area contributed by atoms with Gasteiger partial charge in [0.2, 0.25) is 0 Å². The van der Waals surface area contributed by atoms with Gasteiger partial charge in [-0.15, -0.1) is 0 Å². The number of carbonyl (C=O) groups is 1. The molecule has 0 aromatic carbocycles. The zero-order valence-electron chi connectivity index (χ0n) is 13.4. The summed E-state index contributed by atoms with van der Waals surface area (Å²) in [6.45, 7) is 12.1. The second-order valence-electron chi connectivity index (χ2n) is 5.01. The molecule has 0 fully saturated rings. The Hall–Kier alpha value is -0.770. The SMILES string of the molecule is CCC(CC)(CC)OOC(=O)OC(CC)(CC)CC. The third-order valence-electron chi connectivity index (χ3n) is 4.45. The molecule has 0 bridgehead atoms. The van der Waals surface area contributed by atoms with Crippen LogP contribution in [0.3, 0.4) is 0 Å². The molecule has 19 heavy (non-hydrogen) atoms. The molecular weight excluding hydrogens is 244 g/mol. The number of carbonyl (C=O) groups excluding carboxylic acids is 1. The molecule has 0 heterocycles. The zero-order valence-corrected chi connectivity index (χ0v) is 13.4. The molecule has 0 rings (SSSR count). The first-order valence-corrected chi connectivity index (χ1v) is 7.55. The standard InChI is InChI=1S/C15H30O4/c1-7-14(8-2,9-3)17-13(16)18-19-15(10-4,11-5)12-6/h7-12H2,1-6H3. The molecule has 4 heteroatoms. The molecule has 0 atom stereocenters. The molecule has 0 N–H and O–H groups in total. The van der Waals surface area contributed by atoms with Crippen molar-refractivity contribution in [1.29, 1.82) is 0 Å². The van der Waals surface area contributed by atoms with Crippen LogP contribution in [0, 0.1) is 0 Å². The van der Waals surface area contributed by atoms with Gasteiger partial charge in [0, 0.05) is 0 Å². The molecule has 0 unspecified atom stereocenters. The van der Waals surface area contributed by atoms with Crippen molar-refractivity contribution in [1.82, 2.24) is 0 Å². The summed E-state index contributed by atoms with van der Waals surface area (Å²) in [5.41, 5.74) is -0.833. The normalized spacial score (nSPS) is 12.3. The molecule has 0 spiro atoms. The second kappa shape index (κ2) is 8.41. The zero-order chi connectivity index (χ0) is 14.9. The van der Waals surface area contributed by atoms with E-state index in [0.29, 0.717) is 0 Å². The molecule has 0 aliphatic heterocycles. The predicted octanol–water partition coefficient (Wildman–Crippen LogP) is 5.01. The van der Waals surface area contributed by atoms with Crippen molar-refractivity contribution in [2.24, 2.45) is 0 Å². The topological polar surface area (TPSA) is 44.8 Å². The summed E-state index contributed by atoms with van der Waals surface area (Å²) in [5.74, 6) is 0. The Bertz CT molecular complexity index is 238. The van der Waals surface area contributed by atoms with Crippen LogP contribution in [0.15, 0.2) is 0 Å². The van der Waals surface area contributed by atoms with Gasteiger partial charge in [0.25, 0.3) is 0 Å². The van der Waals surface area contributed by atoms with E-state index in [-0.39, 0.29) is 0 Å². The fourth-order valence-electron chi connectivity index (χ4n) is 2.21. The molecule has 0 saturated carbocycles. The third-order valence-corrected chi connectivity index (χ3v) is 4.45. The highest BCUT2D eigenvalue weighted by Gasteiger charge is 2.32. The first-order valence-electron chi connectivity index (χ1n) is 7.55. The maximum atomic E-state index is 11.8. The van der Waals surface area contributed by atoms with Crippen LogP contribution in [0.5, 0.6) is 0 Å². The van der Waals surface area contributed by atoms with Crippen LogP contribution in [-0.2, 0) is 14.5 Å². The van der Waals surface area contributed by atoms with Crippen molar-refractivity contribution >= 4 is 6.16 Å². The van der Waals surface area contributed by atoms with Crippen LogP contribution >= 0.6 is 0 Å². The van der Waals surface area contributed by atoms with Crippen molar-refractivity contribution < 1.29 is 19.3 Å². The van der Waals surface area contributed by atoms with Gasteiger partial charge in [0.1, 0.15) is 11.2 Å². The summed E-state index contributed by atoms with van der Waals surface area (Å²) in [4.78, 5) is 22.0. The van der Waals surface area contributed by atoms with Gasteiger partial charge in [-0.2, -0.15) is 4.89 Å². The van der Waals surface area contributed by atoms with Crippen molar-refractivity contribution in [3.05, 3.63) is 0 Å². The van der Waals surface area contributed by atoms with Crippen LogP contribution < -0.4 is 0 Å². The molecule has 0 saturated heterocycles. The Kier molecular flexibility index (Phi) is 8.07. The van der Waals surface area contributed by atoms with E-state index in [4.69, 9.17) is 14.5 Å². The smallest absolute Gasteiger partial charge is 0.426 e. The van der Waals surface area contributed by atoms with Gasteiger partial charge < -0.3 is 4.74 Å². The van der Waals surface area contributed by atoms with E-state index in [9.17, 15) is 4.79 Å². The summed E-state index contributed by atoms with van der Waals surface area (Å²) in [6, 6.07) is 0.